The first-order valence-corrected chi connectivity index (χ1v) is 2.34. The predicted molar refractivity (Wildman–Crippen MR) is 45.2 cm³/mol. The molecule has 0 spiro atoms. The van der Waals surface area contributed by atoms with Crippen molar-refractivity contribution in [3.05, 3.63) is 6.07 Å². The van der Waals surface area contributed by atoms with Gasteiger partial charge in [0.05, 0.1) is 8.41 Å². The van der Waals surface area contributed by atoms with Crippen LogP contribution in [0.25, 0.3) is 0 Å². The molecule has 0 atom stereocenters. The molecule has 6 N–H and O–H groups in total. The van der Waals surface area contributed by atoms with Crippen LogP contribution in [0.4, 0.5) is 17.6 Å². The van der Waals surface area contributed by atoms with Gasteiger partial charge in [-0.15, -0.1) is 0 Å². The number of anilines is 3. The Morgan fingerprint density at radius 1 is 1.00 bits per heavy atom. The molecular weight excluding hydrogens is 129 g/mol. The SMILES string of the molecule is B.Nc1cc(N)nc(N)n1. The summed E-state index contributed by atoms with van der Waals surface area (Å²) in [7, 11) is 0. The van der Waals surface area contributed by atoms with Crippen LogP contribution in [0.2, 0.25) is 0 Å². The minimum Gasteiger partial charge on any atom is -0.383 e. The summed E-state index contributed by atoms with van der Waals surface area (Å²) in [5.74, 6) is 0.688. The average Bonchev–Trinajstić information content (AvgIpc) is 1.59. The number of hydrogen-bond acceptors (Lipinski definition) is 5. The molecule has 1 heterocycles. The van der Waals surface area contributed by atoms with Gasteiger partial charge in [-0.2, -0.15) is 9.97 Å². The Morgan fingerprint density at radius 3 is 1.70 bits per heavy atom. The maximum atomic E-state index is 5.25. The van der Waals surface area contributed by atoms with Gasteiger partial charge < -0.3 is 17.2 Å². The molecule has 10 heavy (non-hydrogen) atoms. The first-order valence-electron chi connectivity index (χ1n) is 2.34. The van der Waals surface area contributed by atoms with E-state index in [0.29, 0.717) is 11.6 Å². The van der Waals surface area contributed by atoms with Gasteiger partial charge in [-0.25, -0.2) is 0 Å². The van der Waals surface area contributed by atoms with Crippen LogP contribution in [-0.4, -0.2) is 18.4 Å². The van der Waals surface area contributed by atoms with E-state index in [1.165, 1.54) is 6.07 Å². The van der Waals surface area contributed by atoms with E-state index in [1.807, 2.05) is 0 Å². The molecule has 0 amide bonds. The maximum absolute atomic E-state index is 5.25. The van der Waals surface area contributed by atoms with E-state index in [4.69, 9.17) is 17.2 Å². The van der Waals surface area contributed by atoms with Gasteiger partial charge in [0.15, 0.2) is 0 Å². The Bertz CT molecular complexity index is 174. The number of nitrogen functional groups attached to an aromatic ring is 3. The first-order chi connectivity index (χ1) is 4.18. The number of nitrogens with two attached hydrogens (primary N) is 3. The van der Waals surface area contributed by atoms with Crippen molar-refractivity contribution in [2.75, 3.05) is 17.2 Å². The van der Waals surface area contributed by atoms with Gasteiger partial charge in [0, 0.05) is 6.07 Å². The average molecular weight is 139 g/mol. The molecule has 54 valence electrons. The molecule has 5 nitrogen and oxygen atoms in total. The summed E-state index contributed by atoms with van der Waals surface area (Å²) in [6, 6.07) is 1.44. The number of hydrogen-bond donors (Lipinski definition) is 3. The Hall–Kier alpha value is -1.46. The fraction of sp³-hybridized carbons (Fsp3) is 0. The topological polar surface area (TPSA) is 104 Å². The summed E-state index contributed by atoms with van der Waals surface area (Å²) in [5.41, 5.74) is 15.7. The number of aromatic nitrogens is 2. The van der Waals surface area contributed by atoms with E-state index in [2.05, 4.69) is 9.97 Å². The highest BCUT2D eigenvalue weighted by atomic mass is 15.1. The summed E-state index contributed by atoms with van der Waals surface area (Å²) in [6.07, 6.45) is 0. The minimum atomic E-state index is 0. The zero-order valence-corrected chi connectivity index (χ0v) is 4.70. The highest BCUT2D eigenvalue weighted by molar-refractivity contribution is 5.75. The molecule has 0 bridgehead atoms. The molecule has 0 aliphatic carbocycles. The van der Waals surface area contributed by atoms with Crippen molar-refractivity contribution in [3.8, 4) is 0 Å². The standard InChI is InChI=1S/C4H7N5.BH3/c5-2-1-3(6)9-4(7)8-2;/h1H,(H6,5,6,7,8,9);1H3. The van der Waals surface area contributed by atoms with Gasteiger partial charge >= 0.3 is 0 Å². The zero-order valence-electron chi connectivity index (χ0n) is 4.70. The minimum absolute atomic E-state index is 0. The van der Waals surface area contributed by atoms with Gasteiger partial charge in [-0.3, -0.25) is 0 Å². The van der Waals surface area contributed by atoms with Crippen molar-refractivity contribution >= 4 is 26.0 Å². The molecule has 0 aliphatic rings. The molecule has 1 aromatic heterocycles. The van der Waals surface area contributed by atoms with Crippen LogP contribution < -0.4 is 17.2 Å². The van der Waals surface area contributed by atoms with Crippen LogP contribution in [0.1, 0.15) is 0 Å². The smallest absolute Gasteiger partial charge is 0.223 e. The summed E-state index contributed by atoms with van der Waals surface area (Å²) < 4.78 is 0. The Kier molecular flexibility index (Phi) is 2.48. The second-order valence-corrected chi connectivity index (χ2v) is 1.58. The molecule has 1 rings (SSSR count). The molecule has 0 fully saturated rings. The van der Waals surface area contributed by atoms with E-state index in [1.54, 1.807) is 0 Å². The summed E-state index contributed by atoms with van der Waals surface area (Å²) in [4.78, 5) is 7.20. The van der Waals surface area contributed by atoms with Crippen LogP contribution in [-0.2, 0) is 0 Å². The molecule has 0 unspecified atom stereocenters. The van der Waals surface area contributed by atoms with Crippen molar-refractivity contribution in [2.24, 2.45) is 0 Å². The summed E-state index contributed by atoms with van der Waals surface area (Å²) in [5, 5.41) is 0. The maximum Gasteiger partial charge on any atom is 0.223 e. The molecule has 6 heteroatoms. The highest BCUT2D eigenvalue weighted by Crippen LogP contribution is 2.03. The molecule has 0 aliphatic heterocycles. The first kappa shape index (κ1) is 8.54. The lowest BCUT2D eigenvalue weighted by Gasteiger charge is -1.94. The van der Waals surface area contributed by atoms with E-state index in [0.717, 1.165) is 0 Å². The van der Waals surface area contributed by atoms with Gasteiger partial charge in [0.2, 0.25) is 5.95 Å². The second kappa shape index (κ2) is 2.91. The summed E-state index contributed by atoms with van der Waals surface area (Å²) in [6.45, 7) is 0. The fourth-order valence-electron chi connectivity index (χ4n) is 0.506. The predicted octanol–water partition coefficient (Wildman–Crippen LogP) is -1.96. The van der Waals surface area contributed by atoms with Crippen LogP contribution in [0, 0.1) is 0 Å². The van der Waals surface area contributed by atoms with Gasteiger partial charge in [-0.1, -0.05) is 0 Å². The van der Waals surface area contributed by atoms with Crippen LogP contribution >= 0.6 is 0 Å². The Morgan fingerprint density at radius 2 is 1.40 bits per heavy atom. The van der Waals surface area contributed by atoms with Crippen molar-refractivity contribution < 1.29 is 0 Å². The van der Waals surface area contributed by atoms with Crippen molar-refractivity contribution in [1.29, 1.82) is 0 Å². The molecule has 0 radical (unpaired) electrons. The van der Waals surface area contributed by atoms with Crippen molar-refractivity contribution in [2.45, 2.75) is 0 Å². The zero-order chi connectivity index (χ0) is 6.85. The molecule has 1 aromatic rings. The number of nitrogens with zero attached hydrogens (tertiary/aromatic N) is 2. The molecule has 0 saturated heterocycles. The largest absolute Gasteiger partial charge is 0.383 e. The second-order valence-electron chi connectivity index (χ2n) is 1.58. The monoisotopic (exact) mass is 139 g/mol. The van der Waals surface area contributed by atoms with Gasteiger partial charge in [-0.05, 0) is 0 Å². The lowest BCUT2D eigenvalue weighted by atomic mass is 10.5. The highest BCUT2D eigenvalue weighted by Gasteiger charge is 1.92. The third-order valence-electron chi connectivity index (χ3n) is 0.783. The van der Waals surface area contributed by atoms with Crippen molar-refractivity contribution in [3.63, 3.8) is 0 Å². The molecule has 0 aromatic carbocycles. The van der Waals surface area contributed by atoms with Crippen LogP contribution in [0.3, 0.4) is 0 Å². The number of rotatable bonds is 0. The lowest BCUT2D eigenvalue weighted by molar-refractivity contribution is 1.20. The van der Waals surface area contributed by atoms with Gasteiger partial charge in [0.25, 0.3) is 0 Å². The quantitative estimate of drug-likeness (QED) is 0.362. The normalized spacial score (nSPS) is 8.40. The third kappa shape index (κ3) is 1.81. The Balaban J connectivity index is 0.000000810. The van der Waals surface area contributed by atoms with Crippen molar-refractivity contribution in [1.82, 2.24) is 9.97 Å². The van der Waals surface area contributed by atoms with E-state index >= 15 is 0 Å². The fourth-order valence-corrected chi connectivity index (χ4v) is 0.506. The van der Waals surface area contributed by atoms with Gasteiger partial charge in [0.1, 0.15) is 11.6 Å². The third-order valence-corrected chi connectivity index (χ3v) is 0.783. The van der Waals surface area contributed by atoms with E-state index in [-0.39, 0.29) is 14.4 Å². The van der Waals surface area contributed by atoms with E-state index < -0.39 is 0 Å². The van der Waals surface area contributed by atoms with Crippen LogP contribution in [0.15, 0.2) is 6.07 Å². The Labute approximate surface area is 60.2 Å². The summed E-state index contributed by atoms with van der Waals surface area (Å²) >= 11 is 0. The van der Waals surface area contributed by atoms with E-state index in [9.17, 15) is 0 Å². The molecular formula is C4H10BN5. The lowest BCUT2D eigenvalue weighted by Crippen LogP contribution is -2.01. The molecule has 0 saturated carbocycles. The van der Waals surface area contributed by atoms with Crippen LogP contribution in [0.5, 0.6) is 0 Å².